The van der Waals surface area contributed by atoms with Crippen molar-refractivity contribution >= 4 is 5.91 Å². The largest absolute Gasteiger partial charge is 0.459 e. The van der Waals surface area contributed by atoms with Crippen molar-refractivity contribution in [2.75, 3.05) is 26.7 Å². The van der Waals surface area contributed by atoms with Crippen molar-refractivity contribution in [1.82, 2.24) is 15.5 Å². The first-order valence-electron chi connectivity index (χ1n) is 9.00. The lowest BCUT2D eigenvalue weighted by molar-refractivity contribution is -0.122. The molecule has 0 saturated carbocycles. The van der Waals surface area contributed by atoms with E-state index in [1.54, 1.807) is 7.05 Å². The van der Waals surface area contributed by atoms with Crippen molar-refractivity contribution in [3.63, 3.8) is 0 Å². The third-order valence-electron chi connectivity index (χ3n) is 4.83. The van der Waals surface area contributed by atoms with Gasteiger partial charge in [0.2, 0.25) is 5.91 Å². The summed E-state index contributed by atoms with van der Waals surface area (Å²) < 4.78 is 6.04. The molecule has 1 atom stereocenters. The van der Waals surface area contributed by atoms with E-state index < -0.39 is 0 Å². The molecular weight excluding hydrogens is 314 g/mol. The van der Waals surface area contributed by atoms with Gasteiger partial charge >= 0.3 is 0 Å². The van der Waals surface area contributed by atoms with E-state index in [1.165, 1.54) is 0 Å². The van der Waals surface area contributed by atoms with Gasteiger partial charge in [0.05, 0.1) is 12.6 Å². The molecule has 2 heterocycles. The van der Waals surface area contributed by atoms with Gasteiger partial charge in [-0.2, -0.15) is 0 Å². The molecule has 0 aliphatic carbocycles. The Kier molecular flexibility index (Phi) is 5.89. The second kappa shape index (κ2) is 8.32. The average molecular weight is 341 g/mol. The number of likely N-dealkylation sites (tertiary alicyclic amines) is 1. The van der Waals surface area contributed by atoms with Crippen LogP contribution in [0.15, 0.2) is 46.9 Å². The van der Waals surface area contributed by atoms with Gasteiger partial charge in [0, 0.05) is 31.7 Å². The molecule has 1 unspecified atom stereocenters. The average Bonchev–Trinajstić information content (AvgIpc) is 3.14. The Morgan fingerprint density at radius 1 is 1.20 bits per heavy atom. The molecule has 1 aliphatic rings. The van der Waals surface area contributed by atoms with E-state index in [0.717, 1.165) is 43.0 Å². The number of nitrogens with zero attached hydrogens (tertiary/aromatic N) is 1. The summed E-state index contributed by atoms with van der Waals surface area (Å²) in [4.78, 5) is 13.7. The van der Waals surface area contributed by atoms with Crippen LogP contribution < -0.4 is 10.6 Å². The number of piperidine rings is 1. The van der Waals surface area contributed by atoms with Crippen LogP contribution in [0, 0.1) is 0 Å². The second-order valence-electron chi connectivity index (χ2n) is 6.68. The first-order valence-corrected chi connectivity index (χ1v) is 9.00. The highest BCUT2D eigenvalue weighted by Crippen LogP contribution is 2.26. The quantitative estimate of drug-likeness (QED) is 0.848. The van der Waals surface area contributed by atoms with E-state index in [4.69, 9.17) is 4.42 Å². The fraction of sp³-hybridized carbons (Fsp3) is 0.450. The minimum absolute atomic E-state index is 0.0869. The Morgan fingerprint density at radius 3 is 2.60 bits per heavy atom. The predicted molar refractivity (Wildman–Crippen MR) is 99.2 cm³/mol. The third-order valence-corrected chi connectivity index (χ3v) is 4.83. The Labute approximate surface area is 149 Å². The topological polar surface area (TPSA) is 57.5 Å². The summed E-state index contributed by atoms with van der Waals surface area (Å²) in [6.07, 6.45) is 2.10. The molecule has 1 aromatic carbocycles. The normalized spacial score (nSPS) is 17.4. The highest BCUT2D eigenvalue weighted by molar-refractivity contribution is 5.77. The number of amides is 1. The third kappa shape index (κ3) is 4.71. The molecular formula is C20H27N3O2. The lowest BCUT2D eigenvalue weighted by Crippen LogP contribution is -2.46. The number of benzene rings is 1. The molecule has 3 rings (SSSR count). The maximum absolute atomic E-state index is 11.5. The van der Waals surface area contributed by atoms with E-state index in [9.17, 15) is 4.79 Å². The minimum atomic E-state index is 0.0869. The van der Waals surface area contributed by atoms with Crippen molar-refractivity contribution in [2.45, 2.75) is 31.8 Å². The van der Waals surface area contributed by atoms with Crippen molar-refractivity contribution in [1.29, 1.82) is 0 Å². The van der Waals surface area contributed by atoms with Crippen LogP contribution in [0.1, 0.15) is 31.6 Å². The van der Waals surface area contributed by atoms with Gasteiger partial charge in [0.15, 0.2) is 0 Å². The number of likely N-dealkylation sites (N-methyl/N-ethyl adjacent to an activating group) is 1. The van der Waals surface area contributed by atoms with Crippen LogP contribution in [-0.4, -0.2) is 43.5 Å². The molecule has 1 fully saturated rings. The van der Waals surface area contributed by atoms with Gasteiger partial charge in [-0.3, -0.25) is 9.69 Å². The molecule has 2 N–H and O–H groups in total. The van der Waals surface area contributed by atoms with Gasteiger partial charge in [-0.25, -0.2) is 0 Å². The molecule has 5 nitrogen and oxygen atoms in total. The maximum Gasteiger partial charge on any atom is 0.233 e. The SMILES string of the molecule is CNC(=O)CN1CCC(NC(C)c2ccc(-c3ccccc3)o2)CC1. The standard InChI is InChI=1S/C20H27N3O2/c1-15(18-8-9-19(25-18)16-6-4-3-5-7-16)22-17-10-12-23(13-11-17)14-20(24)21-2/h3-9,15,17,22H,10-14H2,1-2H3,(H,21,24). The second-order valence-corrected chi connectivity index (χ2v) is 6.68. The molecule has 25 heavy (non-hydrogen) atoms. The molecule has 1 aromatic heterocycles. The van der Waals surface area contributed by atoms with Crippen molar-refractivity contribution in [3.8, 4) is 11.3 Å². The fourth-order valence-electron chi connectivity index (χ4n) is 3.32. The number of nitrogens with one attached hydrogen (secondary N) is 2. The van der Waals surface area contributed by atoms with Gasteiger partial charge in [-0.15, -0.1) is 0 Å². The van der Waals surface area contributed by atoms with Crippen molar-refractivity contribution < 1.29 is 9.21 Å². The Balaban J connectivity index is 1.51. The Morgan fingerprint density at radius 2 is 1.92 bits per heavy atom. The number of carbonyl (C=O) groups is 1. The lowest BCUT2D eigenvalue weighted by atomic mass is 10.0. The summed E-state index contributed by atoms with van der Waals surface area (Å²) in [7, 11) is 1.69. The summed E-state index contributed by atoms with van der Waals surface area (Å²) >= 11 is 0. The molecule has 0 radical (unpaired) electrons. The van der Waals surface area contributed by atoms with Gasteiger partial charge in [-0.05, 0) is 31.9 Å². The Hall–Kier alpha value is -2.11. The minimum Gasteiger partial charge on any atom is -0.459 e. The molecule has 2 aromatic rings. The molecule has 1 aliphatic heterocycles. The van der Waals surface area contributed by atoms with Crippen molar-refractivity contribution in [2.24, 2.45) is 0 Å². The number of furan rings is 1. The zero-order valence-corrected chi connectivity index (χ0v) is 15.0. The predicted octanol–water partition coefficient (Wildman–Crippen LogP) is 2.81. The smallest absolute Gasteiger partial charge is 0.233 e. The number of carbonyl (C=O) groups excluding carboxylic acids is 1. The van der Waals surface area contributed by atoms with E-state index >= 15 is 0 Å². The molecule has 134 valence electrons. The van der Waals surface area contributed by atoms with Gasteiger partial charge in [0.25, 0.3) is 0 Å². The van der Waals surface area contributed by atoms with Crippen LogP contribution >= 0.6 is 0 Å². The van der Waals surface area contributed by atoms with E-state index in [0.29, 0.717) is 12.6 Å². The summed E-state index contributed by atoms with van der Waals surface area (Å²) in [6, 6.07) is 14.9. The summed E-state index contributed by atoms with van der Waals surface area (Å²) in [5.74, 6) is 1.96. The van der Waals surface area contributed by atoms with Crippen LogP contribution in [0.25, 0.3) is 11.3 Å². The number of hydrogen-bond donors (Lipinski definition) is 2. The maximum atomic E-state index is 11.5. The van der Waals surface area contributed by atoms with Crippen LogP contribution in [0.2, 0.25) is 0 Å². The van der Waals surface area contributed by atoms with E-state index in [-0.39, 0.29) is 11.9 Å². The van der Waals surface area contributed by atoms with Gasteiger partial charge in [-0.1, -0.05) is 30.3 Å². The molecule has 5 heteroatoms. The molecule has 0 spiro atoms. The van der Waals surface area contributed by atoms with Gasteiger partial charge in [0.1, 0.15) is 11.5 Å². The van der Waals surface area contributed by atoms with E-state index in [1.807, 2.05) is 24.3 Å². The van der Waals surface area contributed by atoms with Crippen LogP contribution in [0.4, 0.5) is 0 Å². The number of hydrogen-bond acceptors (Lipinski definition) is 4. The molecule has 0 bridgehead atoms. The van der Waals surface area contributed by atoms with E-state index in [2.05, 4.69) is 40.7 Å². The highest BCUT2D eigenvalue weighted by atomic mass is 16.3. The van der Waals surface area contributed by atoms with Crippen molar-refractivity contribution in [3.05, 3.63) is 48.2 Å². The summed E-state index contributed by atoms with van der Waals surface area (Å²) in [5.41, 5.74) is 1.10. The zero-order valence-electron chi connectivity index (χ0n) is 15.0. The molecule has 1 amide bonds. The number of rotatable bonds is 6. The lowest BCUT2D eigenvalue weighted by Gasteiger charge is -2.33. The summed E-state index contributed by atoms with van der Waals surface area (Å²) in [5, 5.41) is 6.35. The van der Waals surface area contributed by atoms with Crippen LogP contribution in [0.5, 0.6) is 0 Å². The fourth-order valence-corrected chi connectivity index (χ4v) is 3.32. The summed E-state index contributed by atoms with van der Waals surface area (Å²) in [6.45, 7) is 4.54. The van der Waals surface area contributed by atoms with Crippen LogP contribution in [-0.2, 0) is 4.79 Å². The van der Waals surface area contributed by atoms with Gasteiger partial charge < -0.3 is 15.1 Å². The Bertz CT molecular complexity index is 675. The molecule has 1 saturated heterocycles. The first-order chi connectivity index (χ1) is 12.2. The van der Waals surface area contributed by atoms with Crippen LogP contribution in [0.3, 0.4) is 0 Å². The monoisotopic (exact) mass is 341 g/mol. The highest BCUT2D eigenvalue weighted by Gasteiger charge is 2.23. The zero-order chi connectivity index (χ0) is 17.6. The first kappa shape index (κ1) is 17.7.